The van der Waals surface area contributed by atoms with E-state index >= 15 is 0 Å². The zero-order valence-electron chi connectivity index (χ0n) is 8.61. The van der Waals surface area contributed by atoms with E-state index < -0.39 is 12.1 Å². The summed E-state index contributed by atoms with van der Waals surface area (Å²) in [5, 5.41) is 11.5. The fourth-order valence-corrected chi connectivity index (χ4v) is 1.68. The van der Waals surface area contributed by atoms with E-state index in [1.807, 2.05) is 0 Å². The first-order valence-corrected chi connectivity index (χ1v) is 5.05. The Morgan fingerprint density at radius 3 is 2.93 bits per heavy atom. The van der Waals surface area contributed by atoms with Gasteiger partial charge in [0.15, 0.2) is 0 Å². The first kappa shape index (κ1) is 11.6. The molecule has 2 amide bonds. The molecule has 2 N–H and O–H groups in total. The third kappa shape index (κ3) is 2.97. The second-order valence-corrected chi connectivity index (χ2v) is 3.50. The summed E-state index contributed by atoms with van der Waals surface area (Å²) in [6.07, 6.45) is 2.77. The molecule has 0 radical (unpaired) electrons. The van der Waals surface area contributed by atoms with Gasteiger partial charge in [-0.1, -0.05) is 6.08 Å². The maximum absolute atomic E-state index is 11.6. The maximum atomic E-state index is 11.6. The number of nitrogens with zero attached hydrogens (tertiary/aromatic N) is 1. The normalized spacial score (nSPS) is 20.0. The molecule has 0 saturated carbocycles. The summed E-state index contributed by atoms with van der Waals surface area (Å²) in [6.45, 7) is 4.52. The van der Waals surface area contributed by atoms with Crippen molar-refractivity contribution in [1.82, 2.24) is 10.2 Å². The number of amides is 2. The summed E-state index contributed by atoms with van der Waals surface area (Å²) in [5.74, 6) is -0.197. The highest BCUT2D eigenvalue weighted by atomic mass is 16.4. The molecule has 0 bridgehead atoms. The molecule has 1 aliphatic rings. The van der Waals surface area contributed by atoms with Crippen LogP contribution in [0.3, 0.4) is 0 Å². The number of carbonyl (C=O) groups is 2. The van der Waals surface area contributed by atoms with Crippen LogP contribution in [-0.4, -0.2) is 41.1 Å². The van der Waals surface area contributed by atoms with Crippen LogP contribution in [0.1, 0.15) is 19.3 Å². The van der Waals surface area contributed by atoms with Gasteiger partial charge >= 0.3 is 6.09 Å². The van der Waals surface area contributed by atoms with Crippen molar-refractivity contribution < 1.29 is 14.7 Å². The Balaban J connectivity index is 2.43. The molecule has 0 unspecified atom stereocenters. The lowest BCUT2D eigenvalue weighted by Gasteiger charge is -2.20. The topological polar surface area (TPSA) is 69.6 Å². The van der Waals surface area contributed by atoms with E-state index in [9.17, 15) is 9.59 Å². The lowest BCUT2D eigenvalue weighted by Crippen LogP contribution is -2.45. The van der Waals surface area contributed by atoms with Crippen molar-refractivity contribution in [2.75, 3.05) is 13.1 Å². The highest BCUT2D eigenvalue weighted by Gasteiger charge is 2.33. The molecule has 1 rings (SSSR count). The number of hydrogen-bond donors (Lipinski definition) is 2. The molecule has 0 aromatic rings. The molecule has 0 spiro atoms. The van der Waals surface area contributed by atoms with Crippen molar-refractivity contribution in [2.24, 2.45) is 0 Å². The molecule has 84 valence electrons. The SMILES string of the molecule is C=CCCNC(=O)[C@@H]1CCCN1C(=O)O. The largest absolute Gasteiger partial charge is 0.465 e. The number of carbonyl (C=O) groups excluding carboxylic acids is 1. The monoisotopic (exact) mass is 212 g/mol. The average molecular weight is 212 g/mol. The van der Waals surface area contributed by atoms with Crippen LogP contribution in [0.2, 0.25) is 0 Å². The second-order valence-electron chi connectivity index (χ2n) is 3.50. The predicted molar refractivity (Wildman–Crippen MR) is 55.6 cm³/mol. The molecule has 5 heteroatoms. The van der Waals surface area contributed by atoms with Crippen molar-refractivity contribution in [2.45, 2.75) is 25.3 Å². The Kier molecular flexibility index (Phi) is 4.15. The van der Waals surface area contributed by atoms with E-state index in [0.29, 0.717) is 25.9 Å². The van der Waals surface area contributed by atoms with E-state index in [1.165, 1.54) is 4.90 Å². The molecular formula is C10H16N2O3. The summed E-state index contributed by atoms with van der Waals surface area (Å²) in [4.78, 5) is 23.6. The molecular weight excluding hydrogens is 196 g/mol. The first-order valence-electron chi connectivity index (χ1n) is 5.05. The van der Waals surface area contributed by atoms with Crippen molar-refractivity contribution in [3.8, 4) is 0 Å². The number of carboxylic acid groups (broad SMARTS) is 1. The average Bonchev–Trinajstić information content (AvgIpc) is 2.66. The minimum atomic E-state index is -1.02. The van der Waals surface area contributed by atoms with Gasteiger partial charge in [-0.05, 0) is 19.3 Å². The first-order chi connectivity index (χ1) is 7.16. The summed E-state index contributed by atoms with van der Waals surface area (Å²) in [7, 11) is 0. The Morgan fingerprint density at radius 1 is 1.60 bits per heavy atom. The van der Waals surface area contributed by atoms with Gasteiger partial charge in [-0.15, -0.1) is 6.58 Å². The smallest absolute Gasteiger partial charge is 0.407 e. The van der Waals surface area contributed by atoms with Gasteiger partial charge in [0.25, 0.3) is 0 Å². The highest BCUT2D eigenvalue weighted by molar-refractivity contribution is 5.85. The number of hydrogen-bond acceptors (Lipinski definition) is 2. The summed E-state index contributed by atoms with van der Waals surface area (Å²) in [5.41, 5.74) is 0. The second kappa shape index (κ2) is 5.38. The van der Waals surface area contributed by atoms with Gasteiger partial charge in [-0.2, -0.15) is 0 Å². The molecule has 1 atom stereocenters. The van der Waals surface area contributed by atoms with E-state index in [1.54, 1.807) is 6.08 Å². The van der Waals surface area contributed by atoms with Crippen molar-refractivity contribution in [3.05, 3.63) is 12.7 Å². The van der Waals surface area contributed by atoms with E-state index in [4.69, 9.17) is 5.11 Å². The Hall–Kier alpha value is -1.52. The Bertz CT molecular complexity index is 265. The van der Waals surface area contributed by atoms with Crippen LogP contribution in [0.25, 0.3) is 0 Å². The Labute approximate surface area is 88.8 Å². The van der Waals surface area contributed by atoms with Crippen LogP contribution in [-0.2, 0) is 4.79 Å². The van der Waals surface area contributed by atoms with Gasteiger partial charge in [-0.25, -0.2) is 4.79 Å². The van der Waals surface area contributed by atoms with Gasteiger partial charge in [0, 0.05) is 13.1 Å². The van der Waals surface area contributed by atoms with Gasteiger partial charge in [0.2, 0.25) is 5.91 Å². The van der Waals surface area contributed by atoms with E-state index in [2.05, 4.69) is 11.9 Å². The molecule has 0 aromatic carbocycles. The molecule has 1 saturated heterocycles. The summed E-state index contributed by atoms with van der Waals surface area (Å²) < 4.78 is 0. The maximum Gasteiger partial charge on any atom is 0.407 e. The number of rotatable bonds is 4. The zero-order valence-corrected chi connectivity index (χ0v) is 8.61. The van der Waals surface area contributed by atoms with Crippen molar-refractivity contribution in [1.29, 1.82) is 0 Å². The molecule has 1 fully saturated rings. The van der Waals surface area contributed by atoms with E-state index in [0.717, 1.165) is 6.42 Å². The molecule has 0 aliphatic carbocycles. The van der Waals surface area contributed by atoms with Crippen LogP contribution in [0.15, 0.2) is 12.7 Å². The van der Waals surface area contributed by atoms with Crippen molar-refractivity contribution in [3.63, 3.8) is 0 Å². The van der Waals surface area contributed by atoms with E-state index in [-0.39, 0.29) is 5.91 Å². The standard InChI is InChI=1S/C10H16N2O3/c1-2-3-6-11-9(13)8-5-4-7-12(8)10(14)15/h2,8H,1,3-7H2,(H,11,13)(H,14,15)/t8-/m0/s1. The van der Waals surface area contributed by atoms with Gasteiger partial charge in [0.1, 0.15) is 6.04 Å². The molecule has 5 nitrogen and oxygen atoms in total. The third-order valence-corrected chi connectivity index (χ3v) is 2.45. The van der Waals surface area contributed by atoms with Gasteiger partial charge in [-0.3, -0.25) is 9.69 Å². The molecule has 1 aliphatic heterocycles. The van der Waals surface area contributed by atoms with Crippen LogP contribution >= 0.6 is 0 Å². The zero-order chi connectivity index (χ0) is 11.3. The highest BCUT2D eigenvalue weighted by Crippen LogP contribution is 2.17. The lowest BCUT2D eigenvalue weighted by atomic mass is 10.2. The number of likely N-dealkylation sites (tertiary alicyclic amines) is 1. The minimum Gasteiger partial charge on any atom is -0.465 e. The molecule has 1 heterocycles. The quantitative estimate of drug-likeness (QED) is 0.535. The summed E-state index contributed by atoms with van der Waals surface area (Å²) >= 11 is 0. The molecule has 15 heavy (non-hydrogen) atoms. The minimum absolute atomic E-state index is 0.197. The lowest BCUT2D eigenvalue weighted by molar-refractivity contribution is -0.124. The third-order valence-electron chi connectivity index (χ3n) is 2.45. The van der Waals surface area contributed by atoms with Crippen LogP contribution in [0.4, 0.5) is 4.79 Å². The Morgan fingerprint density at radius 2 is 2.33 bits per heavy atom. The van der Waals surface area contributed by atoms with Crippen molar-refractivity contribution >= 4 is 12.0 Å². The predicted octanol–water partition coefficient (Wildman–Crippen LogP) is 0.821. The van der Waals surface area contributed by atoms with Gasteiger partial charge < -0.3 is 10.4 Å². The fraction of sp³-hybridized carbons (Fsp3) is 0.600. The van der Waals surface area contributed by atoms with Crippen LogP contribution < -0.4 is 5.32 Å². The van der Waals surface area contributed by atoms with Crippen LogP contribution in [0, 0.1) is 0 Å². The fourth-order valence-electron chi connectivity index (χ4n) is 1.68. The number of nitrogens with one attached hydrogen (secondary N) is 1. The molecule has 0 aromatic heterocycles. The summed E-state index contributed by atoms with van der Waals surface area (Å²) in [6, 6.07) is -0.507. The van der Waals surface area contributed by atoms with Gasteiger partial charge in [0.05, 0.1) is 0 Å². The van der Waals surface area contributed by atoms with Crippen LogP contribution in [0.5, 0.6) is 0 Å².